The van der Waals surface area contributed by atoms with Crippen LogP contribution in [-0.2, 0) is 12.0 Å². The van der Waals surface area contributed by atoms with E-state index < -0.39 is 0 Å². The van der Waals surface area contributed by atoms with Crippen molar-refractivity contribution in [2.24, 2.45) is 11.8 Å². The molecule has 0 aromatic carbocycles. The zero-order chi connectivity index (χ0) is 14.0. The zero-order valence-corrected chi connectivity index (χ0v) is 13.8. The van der Waals surface area contributed by atoms with Crippen molar-refractivity contribution in [2.75, 3.05) is 0 Å². The fourth-order valence-corrected chi connectivity index (χ4v) is 4.04. The van der Waals surface area contributed by atoms with Crippen LogP contribution in [0.5, 0.6) is 0 Å². The Balaban J connectivity index is 1.88. The Hall–Kier alpha value is -0.410. The highest BCUT2D eigenvalue weighted by Gasteiger charge is 2.31. The van der Waals surface area contributed by atoms with Crippen LogP contribution in [0.15, 0.2) is 5.38 Å². The maximum absolute atomic E-state index is 4.76. The first-order valence-corrected chi connectivity index (χ1v) is 8.48. The Morgan fingerprint density at radius 2 is 2.11 bits per heavy atom. The third-order valence-electron chi connectivity index (χ3n) is 4.59. The Labute approximate surface area is 122 Å². The molecule has 0 radical (unpaired) electrons. The van der Waals surface area contributed by atoms with Gasteiger partial charge in [0, 0.05) is 23.4 Å². The molecule has 0 saturated heterocycles. The van der Waals surface area contributed by atoms with E-state index in [9.17, 15) is 0 Å². The van der Waals surface area contributed by atoms with Crippen molar-refractivity contribution in [3.63, 3.8) is 0 Å². The van der Waals surface area contributed by atoms with E-state index in [2.05, 4.69) is 45.3 Å². The van der Waals surface area contributed by atoms with Crippen molar-refractivity contribution in [2.45, 2.75) is 71.9 Å². The molecule has 1 N–H and O–H groups in total. The van der Waals surface area contributed by atoms with Gasteiger partial charge in [-0.2, -0.15) is 0 Å². The summed E-state index contributed by atoms with van der Waals surface area (Å²) in [6.07, 6.45) is 4.04. The molecule has 2 rings (SSSR count). The van der Waals surface area contributed by atoms with Crippen molar-refractivity contribution < 1.29 is 0 Å². The average Bonchev–Trinajstić information content (AvgIpc) is 2.93. The smallest absolute Gasteiger partial charge is 0.107 e. The lowest BCUT2D eigenvalue weighted by Crippen LogP contribution is -2.32. The maximum Gasteiger partial charge on any atom is 0.107 e. The minimum Gasteiger partial charge on any atom is -0.307 e. The lowest BCUT2D eigenvalue weighted by Gasteiger charge is -2.20. The lowest BCUT2D eigenvalue weighted by molar-refractivity contribution is 0.344. The van der Waals surface area contributed by atoms with Crippen LogP contribution < -0.4 is 5.32 Å². The normalized spacial score (nSPS) is 27.9. The molecule has 3 atom stereocenters. The summed E-state index contributed by atoms with van der Waals surface area (Å²) >= 11 is 1.79. The van der Waals surface area contributed by atoms with Crippen LogP contribution in [0, 0.1) is 11.8 Å². The van der Waals surface area contributed by atoms with Crippen molar-refractivity contribution in [3.8, 4) is 0 Å². The Kier molecular flexibility index (Phi) is 4.67. The van der Waals surface area contributed by atoms with Gasteiger partial charge in [-0.15, -0.1) is 11.3 Å². The van der Waals surface area contributed by atoms with Gasteiger partial charge in [-0.05, 0) is 24.7 Å². The summed E-state index contributed by atoms with van der Waals surface area (Å²) in [5.41, 5.74) is 1.39. The molecule has 3 unspecified atom stereocenters. The summed E-state index contributed by atoms with van der Waals surface area (Å²) in [4.78, 5) is 4.76. The monoisotopic (exact) mass is 280 g/mol. The Morgan fingerprint density at radius 3 is 2.63 bits per heavy atom. The minimum atomic E-state index is 0.169. The molecule has 0 spiro atoms. The Morgan fingerprint density at radius 1 is 1.37 bits per heavy atom. The predicted octanol–water partition coefficient (Wildman–Crippen LogP) is 4.35. The molecular formula is C16H28N2S. The van der Waals surface area contributed by atoms with Gasteiger partial charge in [0.25, 0.3) is 0 Å². The number of thiazole rings is 1. The lowest BCUT2D eigenvalue weighted by atomic mass is 9.93. The molecule has 1 aromatic rings. The third kappa shape index (κ3) is 3.57. The van der Waals surface area contributed by atoms with Crippen LogP contribution in [0.1, 0.15) is 64.6 Å². The van der Waals surface area contributed by atoms with Gasteiger partial charge in [-0.3, -0.25) is 0 Å². The quantitative estimate of drug-likeness (QED) is 0.886. The van der Waals surface area contributed by atoms with E-state index in [1.807, 2.05) is 0 Å². The molecule has 3 heteroatoms. The van der Waals surface area contributed by atoms with Crippen LogP contribution >= 0.6 is 11.3 Å². The molecule has 1 fully saturated rings. The minimum absolute atomic E-state index is 0.169. The SMILES string of the molecule is CCC1CCC(NCc2nc(C(C)(C)C)cs2)C1C. The van der Waals surface area contributed by atoms with E-state index in [0.29, 0.717) is 6.04 Å². The van der Waals surface area contributed by atoms with Crippen molar-refractivity contribution in [1.82, 2.24) is 10.3 Å². The van der Waals surface area contributed by atoms with E-state index in [4.69, 9.17) is 4.98 Å². The van der Waals surface area contributed by atoms with Crippen molar-refractivity contribution in [3.05, 3.63) is 16.1 Å². The number of nitrogens with zero attached hydrogens (tertiary/aromatic N) is 1. The topological polar surface area (TPSA) is 24.9 Å². The van der Waals surface area contributed by atoms with Gasteiger partial charge in [-0.25, -0.2) is 4.98 Å². The molecular weight excluding hydrogens is 252 g/mol. The number of rotatable bonds is 4. The van der Waals surface area contributed by atoms with Gasteiger partial charge >= 0.3 is 0 Å². The number of hydrogen-bond donors (Lipinski definition) is 1. The second kappa shape index (κ2) is 5.92. The summed E-state index contributed by atoms with van der Waals surface area (Å²) in [7, 11) is 0. The van der Waals surface area contributed by atoms with Gasteiger partial charge in [0.05, 0.1) is 5.69 Å². The van der Waals surface area contributed by atoms with Crippen LogP contribution in [-0.4, -0.2) is 11.0 Å². The summed E-state index contributed by atoms with van der Waals surface area (Å²) < 4.78 is 0. The van der Waals surface area contributed by atoms with Gasteiger partial charge in [0.15, 0.2) is 0 Å². The van der Waals surface area contributed by atoms with Crippen molar-refractivity contribution in [1.29, 1.82) is 0 Å². The Bertz CT molecular complexity index is 405. The van der Waals surface area contributed by atoms with Gasteiger partial charge in [0.1, 0.15) is 5.01 Å². The van der Waals surface area contributed by atoms with Gasteiger partial charge < -0.3 is 5.32 Å². The molecule has 1 aromatic heterocycles. The summed E-state index contributed by atoms with van der Waals surface area (Å²) in [5.74, 6) is 1.73. The molecule has 1 aliphatic rings. The van der Waals surface area contributed by atoms with Crippen molar-refractivity contribution >= 4 is 11.3 Å². The first kappa shape index (κ1) is 15.0. The zero-order valence-electron chi connectivity index (χ0n) is 13.0. The fraction of sp³-hybridized carbons (Fsp3) is 0.812. The second-order valence-electron chi connectivity index (χ2n) is 6.97. The fourth-order valence-electron chi connectivity index (χ4n) is 3.07. The van der Waals surface area contributed by atoms with Crippen LogP contribution in [0.4, 0.5) is 0 Å². The highest BCUT2D eigenvalue weighted by molar-refractivity contribution is 7.09. The van der Waals surface area contributed by atoms with E-state index in [1.165, 1.54) is 30.0 Å². The molecule has 0 amide bonds. The molecule has 0 bridgehead atoms. The third-order valence-corrected chi connectivity index (χ3v) is 5.44. The van der Waals surface area contributed by atoms with E-state index in [-0.39, 0.29) is 5.41 Å². The largest absolute Gasteiger partial charge is 0.307 e. The number of nitrogens with one attached hydrogen (secondary N) is 1. The highest BCUT2D eigenvalue weighted by Crippen LogP contribution is 2.34. The predicted molar refractivity (Wildman–Crippen MR) is 83.6 cm³/mol. The summed E-state index contributed by atoms with van der Waals surface area (Å²) in [6.45, 7) is 12.3. The number of hydrogen-bond acceptors (Lipinski definition) is 3. The molecule has 108 valence electrons. The summed E-state index contributed by atoms with van der Waals surface area (Å²) in [6, 6.07) is 0.687. The number of aromatic nitrogens is 1. The molecule has 0 aliphatic heterocycles. The first-order chi connectivity index (χ1) is 8.91. The van der Waals surface area contributed by atoms with Gasteiger partial charge in [-0.1, -0.05) is 41.0 Å². The van der Waals surface area contributed by atoms with E-state index >= 15 is 0 Å². The summed E-state index contributed by atoms with van der Waals surface area (Å²) in [5, 5.41) is 7.17. The average molecular weight is 280 g/mol. The molecule has 19 heavy (non-hydrogen) atoms. The molecule has 1 aliphatic carbocycles. The molecule has 2 nitrogen and oxygen atoms in total. The van der Waals surface area contributed by atoms with Crippen LogP contribution in [0.3, 0.4) is 0 Å². The van der Waals surface area contributed by atoms with Crippen LogP contribution in [0.2, 0.25) is 0 Å². The second-order valence-corrected chi connectivity index (χ2v) is 7.91. The van der Waals surface area contributed by atoms with Gasteiger partial charge in [0.2, 0.25) is 0 Å². The maximum atomic E-state index is 4.76. The standard InChI is InChI=1S/C16H28N2S/c1-6-12-7-8-13(11(12)2)17-9-15-18-14(10-19-15)16(3,4)5/h10-13,17H,6-9H2,1-5H3. The molecule has 1 saturated carbocycles. The van der Waals surface area contributed by atoms with E-state index in [1.54, 1.807) is 11.3 Å². The molecule has 1 heterocycles. The van der Waals surface area contributed by atoms with E-state index in [0.717, 1.165) is 18.4 Å². The highest BCUT2D eigenvalue weighted by atomic mass is 32.1. The first-order valence-electron chi connectivity index (χ1n) is 7.60. The van der Waals surface area contributed by atoms with Crippen LogP contribution in [0.25, 0.3) is 0 Å².